The number of aryl methyl sites for hydroxylation is 1. The largest absolute Gasteiger partial charge is 0.497 e. The molecule has 0 saturated carbocycles. The van der Waals surface area contributed by atoms with Gasteiger partial charge in [0, 0.05) is 43.4 Å². The Kier molecular flexibility index (Phi) is 7.56. The van der Waals surface area contributed by atoms with E-state index in [1.165, 1.54) is 0 Å². The molecular formula is C23H30N2O5S. The van der Waals surface area contributed by atoms with E-state index in [-0.39, 0.29) is 11.8 Å². The van der Waals surface area contributed by atoms with E-state index in [0.29, 0.717) is 48.0 Å². The molecular weight excluding hydrogens is 416 g/mol. The second-order valence-corrected chi connectivity index (χ2v) is 9.81. The number of methoxy groups -OCH3 is 2. The maximum atomic E-state index is 13.0. The van der Waals surface area contributed by atoms with Crippen molar-refractivity contribution in [2.24, 2.45) is 5.92 Å². The number of anilines is 1. The summed E-state index contributed by atoms with van der Waals surface area (Å²) >= 11 is 0. The first kappa shape index (κ1) is 23.1. The van der Waals surface area contributed by atoms with E-state index < -0.39 is 10.0 Å². The summed E-state index contributed by atoms with van der Waals surface area (Å²) in [6.45, 7) is 2.89. The Balaban J connectivity index is 1.57. The van der Waals surface area contributed by atoms with Crippen molar-refractivity contribution in [1.82, 2.24) is 4.31 Å². The van der Waals surface area contributed by atoms with E-state index in [2.05, 4.69) is 5.32 Å². The van der Waals surface area contributed by atoms with Crippen LogP contribution in [-0.4, -0.2) is 45.9 Å². The van der Waals surface area contributed by atoms with Crippen molar-refractivity contribution in [3.63, 3.8) is 0 Å². The van der Waals surface area contributed by atoms with Gasteiger partial charge in [-0.1, -0.05) is 17.7 Å². The number of amides is 1. The van der Waals surface area contributed by atoms with Gasteiger partial charge in [0.15, 0.2) is 0 Å². The Hall–Kier alpha value is -2.58. The fraction of sp³-hybridized carbons (Fsp3) is 0.435. The maximum absolute atomic E-state index is 13.0. The van der Waals surface area contributed by atoms with Gasteiger partial charge in [0.2, 0.25) is 15.9 Å². The standard InChI is InChI=1S/C23H30N2O5S/c1-17-6-9-22(10-7-17)31(27,28)25-12-4-5-18(16-25)8-11-23(26)24-19-13-20(29-2)15-21(14-19)30-3/h6-7,9-10,13-15,18H,4-5,8,11-12,16H2,1-3H3,(H,24,26). The quantitative estimate of drug-likeness (QED) is 0.666. The van der Waals surface area contributed by atoms with E-state index >= 15 is 0 Å². The lowest BCUT2D eigenvalue weighted by atomic mass is 9.94. The van der Waals surface area contributed by atoms with Gasteiger partial charge in [0.25, 0.3) is 0 Å². The molecule has 0 spiro atoms. The minimum absolute atomic E-state index is 0.117. The van der Waals surface area contributed by atoms with E-state index in [4.69, 9.17) is 9.47 Å². The van der Waals surface area contributed by atoms with Gasteiger partial charge in [0.05, 0.1) is 19.1 Å². The molecule has 31 heavy (non-hydrogen) atoms. The Morgan fingerprint density at radius 1 is 1.10 bits per heavy atom. The van der Waals surface area contributed by atoms with Crippen LogP contribution in [0.15, 0.2) is 47.4 Å². The highest BCUT2D eigenvalue weighted by Crippen LogP contribution is 2.28. The number of carbonyl (C=O) groups excluding carboxylic acids is 1. The first-order chi connectivity index (χ1) is 14.8. The molecule has 1 unspecified atom stereocenters. The number of carbonyl (C=O) groups is 1. The van der Waals surface area contributed by atoms with Crippen molar-refractivity contribution in [3.05, 3.63) is 48.0 Å². The minimum atomic E-state index is -3.51. The van der Waals surface area contributed by atoms with Gasteiger partial charge in [-0.2, -0.15) is 4.31 Å². The van der Waals surface area contributed by atoms with E-state index in [9.17, 15) is 13.2 Å². The van der Waals surface area contributed by atoms with Crippen LogP contribution in [0, 0.1) is 12.8 Å². The summed E-state index contributed by atoms with van der Waals surface area (Å²) in [5.41, 5.74) is 1.63. The van der Waals surface area contributed by atoms with Crippen molar-refractivity contribution in [1.29, 1.82) is 0 Å². The zero-order valence-corrected chi connectivity index (χ0v) is 19.1. The lowest BCUT2D eigenvalue weighted by Gasteiger charge is -2.32. The van der Waals surface area contributed by atoms with Crippen molar-refractivity contribution in [2.45, 2.75) is 37.5 Å². The van der Waals surface area contributed by atoms with Crippen molar-refractivity contribution in [3.8, 4) is 11.5 Å². The lowest BCUT2D eigenvalue weighted by molar-refractivity contribution is -0.116. The van der Waals surface area contributed by atoms with Crippen LogP contribution >= 0.6 is 0 Å². The van der Waals surface area contributed by atoms with Crippen LogP contribution < -0.4 is 14.8 Å². The lowest BCUT2D eigenvalue weighted by Crippen LogP contribution is -2.40. The Labute approximate surface area is 184 Å². The summed E-state index contributed by atoms with van der Waals surface area (Å²) in [4.78, 5) is 12.8. The third-order valence-corrected chi connectivity index (χ3v) is 7.43. The maximum Gasteiger partial charge on any atom is 0.243 e. The van der Waals surface area contributed by atoms with Crippen LogP contribution in [0.25, 0.3) is 0 Å². The number of ether oxygens (including phenoxy) is 2. The van der Waals surface area contributed by atoms with Gasteiger partial charge in [-0.05, 0) is 44.2 Å². The second-order valence-electron chi connectivity index (χ2n) is 7.87. The molecule has 1 amide bonds. The summed E-state index contributed by atoms with van der Waals surface area (Å²) in [6.07, 6.45) is 2.67. The number of hydrogen-bond donors (Lipinski definition) is 1. The third kappa shape index (κ3) is 5.98. The Morgan fingerprint density at radius 3 is 2.35 bits per heavy atom. The molecule has 1 saturated heterocycles. The molecule has 1 heterocycles. The van der Waals surface area contributed by atoms with Crippen LogP contribution in [-0.2, 0) is 14.8 Å². The number of sulfonamides is 1. The third-order valence-electron chi connectivity index (χ3n) is 5.56. The molecule has 2 aromatic carbocycles. The molecule has 3 rings (SSSR count). The molecule has 0 aliphatic carbocycles. The van der Waals surface area contributed by atoms with Crippen LogP contribution in [0.2, 0.25) is 0 Å². The normalized spacial score (nSPS) is 17.2. The summed E-state index contributed by atoms with van der Waals surface area (Å²) < 4.78 is 37.9. The van der Waals surface area contributed by atoms with Crippen molar-refractivity contribution < 1.29 is 22.7 Å². The summed E-state index contributed by atoms with van der Waals surface area (Å²) in [7, 11) is -0.398. The van der Waals surface area contributed by atoms with Gasteiger partial charge in [0.1, 0.15) is 11.5 Å². The van der Waals surface area contributed by atoms with E-state index in [0.717, 1.165) is 18.4 Å². The molecule has 1 fully saturated rings. The number of nitrogens with one attached hydrogen (secondary N) is 1. The minimum Gasteiger partial charge on any atom is -0.497 e. The molecule has 7 nitrogen and oxygen atoms in total. The Morgan fingerprint density at radius 2 is 1.74 bits per heavy atom. The number of nitrogens with zero attached hydrogens (tertiary/aromatic N) is 1. The summed E-state index contributed by atoms with van der Waals surface area (Å²) in [5, 5.41) is 2.87. The van der Waals surface area contributed by atoms with Gasteiger partial charge < -0.3 is 14.8 Å². The zero-order valence-electron chi connectivity index (χ0n) is 18.3. The number of benzene rings is 2. The fourth-order valence-electron chi connectivity index (χ4n) is 3.78. The predicted octanol–water partition coefficient (Wildman–Crippen LogP) is 3.83. The van der Waals surface area contributed by atoms with Crippen LogP contribution in [0.3, 0.4) is 0 Å². The van der Waals surface area contributed by atoms with Crippen LogP contribution in [0.4, 0.5) is 5.69 Å². The molecule has 168 valence electrons. The highest BCUT2D eigenvalue weighted by Gasteiger charge is 2.30. The number of hydrogen-bond acceptors (Lipinski definition) is 5. The van der Waals surface area contributed by atoms with E-state index in [1.54, 1.807) is 48.9 Å². The average Bonchev–Trinajstić information content (AvgIpc) is 2.78. The second kappa shape index (κ2) is 10.2. The highest BCUT2D eigenvalue weighted by molar-refractivity contribution is 7.89. The van der Waals surface area contributed by atoms with E-state index in [1.807, 2.05) is 19.1 Å². The van der Waals surface area contributed by atoms with Gasteiger partial charge in [-0.25, -0.2) is 8.42 Å². The molecule has 0 radical (unpaired) electrons. The monoisotopic (exact) mass is 446 g/mol. The van der Waals surface area contributed by atoms with Gasteiger partial charge >= 0.3 is 0 Å². The highest BCUT2D eigenvalue weighted by atomic mass is 32.2. The molecule has 1 aliphatic rings. The smallest absolute Gasteiger partial charge is 0.243 e. The molecule has 0 aromatic heterocycles. The molecule has 8 heteroatoms. The van der Waals surface area contributed by atoms with Crippen molar-refractivity contribution in [2.75, 3.05) is 32.6 Å². The zero-order chi connectivity index (χ0) is 22.4. The summed E-state index contributed by atoms with van der Waals surface area (Å²) in [5.74, 6) is 1.23. The van der Waals surface area contributed by atoms with Crippen LogP contribution in [0.5, 0.6) is 11.5 Å². The fourth-order valence-corrected chi connectivity index (χ4v) is 5.33. The Bertz CT molecular complexity index is 983. The first-order valence-electron chi connectivity index (χ1n) is 10.4. The molecule has 2 aromatic rings. The molecule has 0 bridgehead atoms. The number of piperidine rings is 1. The summed E-state index contributed by atoms with van der Waals surface area (Å²) in [6, 6.07) is 12.1. The molecule has 1 aliphatic heterocycles. The SMILES string of the molecule is COc1cc(NC(=O)CCC2CCCN(S(=O)(=O)c3ccc(C)cc3)C2)cc(OC)c1. The topological polar surface area (TPSA) is 84.9 Å². The van der Waals surface area contributed by atoms with Gasteiger partial charge in [-0.15, -0.1) is 0 Å². The van der Waals surface area contributed by atoms with Crippen molar-refractivity contribution >= 4 is 21.6 Å². The molecule has 1 N–H and O–H groups in total. The predicted molar refractivity (Wildman–Crippen MR) is 120 cm³/mol. The average molecular weight is 447 g/mol. The molecule has 1 atom stereocenters. The number of rotatable bonds is 8. The van der Waals surface area contributed by atoms with Crippen LogP contribution in [0.1, 0.15) is 31.2 Å². The van der Waals surface area contributed by atoms with Gasteiger partial charge in [-0.3, -0.25) is 4.79 Å². The first-order valence-corrected chi connectivity index (χ1v) is 11.9.